The van der Waals surface area contributed by atoms with Crippen molar-refractivity contribution in [2.24, 2.45) is 0 Å². The zero-order valence-electron chi connectivity index (χ0n) is 5.62. The van der Waals surface area contributed by atoms with E-state index < -0.39 is 0 Å². The van der Waals surface area contributed by atoms with Crippen LogP contribution >= 0.6 is 0 Å². The Morgan fingerprint density at radius 2 is 2.36 bits per heavy atom. The summed E-state index contributed by atoms with van der Waals surface area (Å²) in [4.78, 5) is 3.87. The molecule has 0 atom stereocenters. The van der Waals surface area contributed by atoms with Gasteiger partial charge in [0.05, 0.1) is 0 Å². The Labute approximate surface area is 62.7 Å². The van der Waals surface area contributed by atoms with Crippen molar-refractivity contribution >= 4 is 11.1 Å². The predicted octanol–water partition coefficient (Wildman–Crippen LogP) is 2.31. The van der Waals surface area contributed by atoms with Crippen molar-refractivity contribution in [1.82, 2.24) is 4.98 Å². The van der Waals surface area contributed by atoms with E-state index in [2.05, 4.69) is 4.98 Å². The first-order valence-electron chi connectivity index (χ1n) is 3.17. The van der Waals surface area contributed by atoms with Crippen LogP contribution in [0, 0.1) is 6.67 Å². The highest BCUT2D eigenvalue weighted by Crippen LogP contribution is 2.18. The third-order valence-corrected chi connectivity index (χ3v) is 1.50. The monoisotopic (exact) mass is 150 g/mol. The normalized spacial score (nSPS) is 10.6. The molecule has 1 aromatic heterocycles. The van der Waals surface area contributed by atoms with Crippen molar-refractivity contribution in [3.05, 3.63) is 36.8 Å². The number of oxazole rings is 1. The average molecular weight is 150 g/mol. The molecule has 1 radical (unpaired) electrons. The maximum absolute atomic E-state index is 12.1. The lowest BCUT2D eigenvalue weighted by Gasteiger charge is -1.91. The molecule has 2 nitrogen and oxygen atoms in total. The topological polar surface area (TPSA) is 26.0 Å². The van der Waals surface area contributed by atoms with Crippen LogP contribution in [0.3, 0.4) is 0 Å². The van der Waals surface area contributed by atoms with Gasteiger partial charge in [0, 0.05) is 5.56 Å². The lowest BCUT2D eigenvalue weighted by atomic mass is 10.2. The summed E-state index contributed by atoms with van der Waals surface area (Å²) in [5, 5.41) is 0. The van der Waals surface area contributed by atoms with Crippen LogP contribution in [-0.4, -0.2) is 4.98 Å². The summed E-state index contributed by atoms with van der Waals surface area (Å²) in [6.45, 7) is 0.507. The minimum atomic E-state index is 0.431. The lowest BCUT2D eigenvalue weighted by Crippen LogP contribution is -1.75. The molecule has 55 valence electrons. The Balaban J connectivity index is 2.79. The summed E-state index contributed by atoms with van der Waals surface area (Å²) in [6.07, 6.45) is 1.30. The molecule has 0 amide bonds. The zero-order chi connectivity index (χ0) is 7.68. The van der Waals surface area contributed by atoms with Crippen LogP contribution in [0.4, 0.5) is 4.39 Å². The SMILES string of the molecule is F[CH]c1cccc2ncoc12. The van der Waals surface area contributed by atoms with Gasteiger partial charge >= 0.3 is 0 Å². The van der Waals surface area contributed by atoms with Crippen molar-refractivity contribution in [3.8, 4) is 0 Å². The molecule has 1 aromatic carbocycles. The van der Waals surface area contributed by atoms with Gasteiger partial charge in [-0.3, -0.25) is 0 Å². The first-order valence-corrected chi connectivity index (χ1v) is 3.17. The van der Waals surface area contributed by atoms with E-state index in [0.29, 0.717) is 23.3 Å². The van der Waals surface area contributed by atoms with E-state index in [-0.39, 0.29) is 0 Å². The lowest BCUT2D eigenvalue weighted by molar-refractivity contribution is 0.589. The Morgan fingerprint density at radius 1 is 1.45 bits per heavy atom. The largest absolute Gasteiger partial charge is 0.443 e. The molecule has 1 heterocycles. The molecule has 2 rings (SSSR count). The van der Waals surface area contributed by atoms with Crippen LogP contribution in [-0.2, 0) is 0 Å². The summed E-state index contributed by atoms with van der Waals surface area (Å²) in [5.74, 6) is 0. The van der Waals surface area contributed by atoms with Crippen molar-refractivity contribution in [3.63, 3.8) is 0 Å². The molecule has 3 heteroatoms. The molecular weight excluding hydrogens is 145 g/mol. The summed E-state index contributed by atoms with van der Waals surface area (Å²) < 4.78 is 17.1. The predicted molar refractivity (Wildman–Crippen MR) is 38.5 cm³/mol. The molecule has 0 saturated heterocycles. The minimum Gasteiger partial charge on any atom is -0.443 e. The molecule has 0 spiro atoms. The van der Waals surface area contributed by atoms with Crippen LogP contribution in [0.5, 0.6) is 0 Å². The molecule has 0 unspecified atom stereocenters. The van der Waals surface area contributed by atoms with Crippen molar-refractivity contribution in [2.75, 3.05) is 0 Å². The summed E-state index contributed by atoms with van der Waals surface area (Å²) in [5.41, 5.74) is 1.60. The summed E-state index contributed by atoms with van der Waals surface area (Å²) in [6, 6.07) is 5.13. The molecule has 0 aliphatic rings. The first kappa shape index (κ1) is 6.34. The van der Waals surface area contributed by atoms with E-state index in [0.717, 1.165) is 0 Å². The third-order valence-electron chi connectivity index (χ3n) is 1.50. The van der Waals surface area contributed by atoms with Crippen molar-refractivity contribution in [1.29, 1.82) is 0 Å². The number of rotatable bonds is 1. The van der Waals surface area contributed by atoms with Gasteiger partial charge in [-0.2, -0.15) is 0 Å². The second kappa shape index (κ2) is 2.34. The Morgan fingerprint density at radius 3 is 3.18 bits per heavy atom. The molecule has 0 saturated carbocycles. The zero-order valence-corrected chi connectivity index (χ0v) is 5.62. The highest BCUT2D eigenvalue weighted by molar-refractivity contribution is 5.76. The van der Waals surface area contributed by atoms with E-state index in [1.54, 1.807) is 18.2 Å². The molecule has 11 heavy (non-hydrogen) atoms. The summed E-state index contributed by atoms with van der Waals surface area (Å²) in [7, 11) is 0. The second-order valence-corrected chi connectivity index (χ2v) is 2.16. The van der Waals surface area contributed by atoms with Gasteiger partial charge < -0.3 is 4.42 Å². The average Bonchev–Trinajstić information content (AvgIpc) is 2.50. The smallest absolute Gasteiger partial charge is 0.181 e. The maximum Gasteiger partial charge on any atom is 0.181 e. The van der Waals surface area contributed by atoms with E-state index in [4.69, 9.17) is 4.42 Å². The molecular formula is C8H5FNO. The van der Waals surface area contributed by atoms with E-state index in [1.165, 1.54) is 6.39 Å². The number of aromatic nitrogens is 1. The van der Waals surface area contributed by atoms with Gasteiger partial charge in [-0.05, 0) is 6.07 Å². The van der Waals surface area contributed by atoms with Crippen LogP contribution in [0.15, 0.2) is 29.0 Å². The Hall–Kier alpha value is -1.38. The van der Waals surface area contributed by atoms with Gasteiger partial charge in [-0.1, -0.05) is 12.1 Å². The quantitative estimate of drug-likeness (QED) is 0.623. The molecule has 0 aliphatic carbocycles. The van der Waals surface area contributed by atoms with Crippen molar-refractivity contribution in [2.45, 2.75) is 0 Å². The second-order valence-electron chi connectivity index (χ2n) is 2.16. The fourth-order valence-corrected chi connectivity index (χ4v) is 0.994. The fourth-order valence-electron chi connectivity index (χ4n) is 0.994. The van der Waals surface area contributed by atoms with E-state index in [1.807, 2.05) is 0 Å². The fraction of sp³-hybridized carbons (Fsp3) is 0. The van der Waals surface area contributed by atoms with Gasteiger partial charge in [0.15, 0.2) is 18.7 Å². The molecule has 0 aliphatic heterocycles. The standard InChI is InChI=1S/C8H5FNO/c9-4-6-2-1-3-7-8(6)11-5-10-7/h1-5H. The van der Waals surface area contributed by atoms with E-state index >= 15 is 0 Å². The molecule has 0 N–H and O–H groups in total. The minimum absolute atomic E-state index is 0.431. The number of hydrogen-bond acceptors (Lipinski definition) is 2. The number of benzene rings is 1. The molecule has 2 aromatic rings. The number of nitrogens with zero attached hydrogens (tertiary/aromatic N) is 1. The third kappa shape index (κ3) is 0.888. The Kier molecular flexibility index (Phi) is 1.35. The highest BCUT2D eigenvalue weighted by atomic mass is 19.1. The Bertz CT molecular complexity index is 369. The van der Waals surface area contributed by atoms with Gasteiger partial charge in [0.2, 0.25) is 0 Å². The van der Waals surface area contributed by atoms with Crippen LogP contribution in [0.1, 0.15) is 5.56 Å². The first-order chi connectivity index (χ1) is 5.42. The van der Waals surface area contributed by atoms with Crippen molar-refractivity contribution < 1.29 is 8.81 Å². The van der Waals surface area contributed by atoms with Gasteiger partial charge in [-0.25, -0.2) is 9.37 Å². The van der Waals surface area contributed by atoms with Crippen LogP contribution in [0.2, 0.25) is 0 Å². The highest BCUT2D eigenvalue weighted by Gasteiger charge is 2.03. The number of halogens is 1. The summed E-state index contributed by atoms with van der Waals surface area (Å²) >= 11 is 0. The van der Waals surface area contributed by atoms with Gasteiger partial charge in [0.1, 0.15) is 5.52 Å². The van der Waals surface area contributed by atoms with Crippen LogP contribution in [0.25, 0.3) is 11.1 Å². The number of fused-ring (bicyclic) bond motifs is 1. The number of hydrogen-bond donors (Lipinski definition) is 0. The van der Waals surface area contributed by atoms with Gasteiger partial charge in [0.25, 0.3) is 0 Å². The van der Waals surface area contributed by atoms with Crippen LogP contribution < -0.4 is 0 Å². The molecule has 0 fully saturated rings. The number of para-hydroxylation sites is 1. The van der Waals surface area contributed by atoms with Gasteiger partial charge in [-0.15, -0.1) is 0 Å². The maximum atomic E-state index is 12.1. The molecule has 0 bridgehead atoms. The van der Waals surface area contributed by atoms with E-state index in [9.17, 15) is 4.39 Å².